The van der Waals surface area contributed by atoms with Gasteiger partial charge in [0, 0.05) is 18.5 Å². The number of amides is 2. The molecule has 148 valence electrons. The molecule has 1 aliphatic heterocycles. The Hall–Kier alpha value is -1.85. The maximum Gasteiger partial charge on any atom is 0.304 e. The van der Waals surface area contributed by atoms with Crippen molar-refractivity contribution >= 4 is 17.8 Å². The SMILES string of the molecule is CC(C)C1NC(=O)C(CC(=O)O)CCCC=CCCCN(C(C)C)C1=O. The van der Waals surface area contributed by atoms with E-state index < -0.39 is 17.9 Å². The topological polar surface area (TPSA) is 86.7 Å². The highest BCUT2D eigenvalue weighted by molar-refractivity contribution is 5.90. The van der Waals surface area contributed by atoms with Crippen molar-refractivity contribution in [2.45, 2.75) is 78.3 Å². The molecule has 26 heavy (non-hydrogen) atoms. The largest absolute Gasteiger partial charge is 0.481 e. The quantitative estimate of drug-likeness (QED) is 0.749. The zero-order chi connectivity index (χ0) is 19.7. The fourth-order valence-corrected chi connectivity index (χ4v) is 3.22. The Morgan fingerprint density at radius 1 is 1.19 bits per heavy atom. The lowest BCUT2D eigenvalue weighted by molar-refractivity contribution is -0.143. The first kappa shape index (κ1) is 22.2. The van der Waals surface area contributed by atoms with E-state index >= 15 is 0 Å². The van der Waals surface area contributed by atoms with E-state index in [-0.39, 0.29) is 30.2 Å². The molecule has 2 N–H and O–H groups in total. The van der Waals surface area contributed by atoms with Gasteiger partial charge in [0.2, 0.25) is 11.8 Å². The normalized spacial score (nSPS) is 23.8. The van der Waals surface area contributed by atoms with Crippen LogP contribution in [0.4, 0.5) is 0 Å². The van der Waals surface area contributed by atoms with E-state index in [9.17, 15) is 14.4 Å². The number of carbonyl (C=O) groups excluding carboxylic acids is 2. The fourth-order valence-electron chi connectivity index (χ4n) is 3.22. The maximum absolute atomic E-state index is 13.0. The monoisotopic (exact) mass is 366 g/mol. The minimum absolute atomic E-state index is 0.0485. The lowest BCUT2D eigenvalue weighted by Crippen LogP contribution is -2.54. The number of nitrogens with zero attached hydrogens (tertiary/aromatic N) is 1. The Bertz CT molecular complexity index is 514. The molecule has 0 fully saturated rings. The number of carboxylic acids is 1. The van der Waals surface area contributed by atoms with Crippen LogP contribution in [0.2, 0.25) is 0 Å². The van der Waals surface area contributed by atoms with Crippen LogP contribution in [0.1, 0.15) is 66.2 Å². The van der Waals surface area contributed by atoms with Gasteiger partial charge in [-0.1, -0.05) is 26.0 Å². The molecule has 0 saturated carbocycles. The summed E-state index contributed by atoms with van der Waals surface area (Å²) in [6, 6.07) is -0.577. The second kappa shape index (κ2) is 11.0. The highest BCUT2D eigenvalue weighted by Gasteiger charge is 2.32. The molecule has 0 aliphatic carbocycles. The number of hydrogen-bond acceptors (Lipinski definition) is 3. The third-order valence-electron chi connectivity index (χ3n) is 4.79. The van der Waals surface area contributed by atoms with E-state index in [1.807, 2.05) is 32.6 Å². The average molecular weight is 367 g/mol. The summed E-state index contributed by atoms with van der Waals surface area (Å²) in [5, 5.41) is 12.0. The third-order valence-corrected chi connectivity index (χ3v) is 4.79. The molecule has 1 rings (SSSR count). The van der Waals surface area contributed by atoms with Crippen LogP contribution in [0.3, 0.4) is 0 Å². The van der Waals surface area contributed by atoms with Crippen molar-refractivity contribution in [2.24, 2.45) is 11.8 Å². The molecule has 0 bridgehead atoms. The van der Waals surface area contributed by atoms with Gasteiger partial charge in [-0.3, -0.25) is 14.4 Å². The summed E-state index contributed by atoms with van der Waals surface area (Å²) in [4.78, 5) is 38.7. The summed E-state index contributed by atoms with van der Waals surface area (Å²) in [6.45, 7) is 8.41. The van der Waals surface area contributed by atoms with Crippen molar-refractivity contribution in [3.8, 4) is 0 Å². The average Bonchev–Trinajstić information content (AvgIpc) is 2.54. The van der Waals surface area contributed by atoms with E-state index in [0.717, 1.165) is 25.7 Å². The molecule has 0 aromatic rings. The second-order valence-corrected chi connectivity index (χ2v) is 7.69. The number of rotatable bonds is 4. The molecule has 0 radical (unpaired) electrons. The number of allylic oxidation sites excluding steroid dienone is 2. The molecule has 0 spiro atoms. The van der Waals surface area contributed by atoms with Gasteiger partial charge < -0.3 is 15.3 Å². The van der Waals surface area contributed by atoms with E-state index in [2.05, 4.69) is 17.5 Å². The Morgan fingerprint density at radius 2 is 1.81 bits per heavy atom. The van der Waals surface area contributed by atoms with Crippen molar-refractivity contribution in [2.75, 3.05) is 6.54 Å². The third kappa shape index (κ3) is 7.18. The van der Waals surface area contributed by atoms with Crippen molar-refractivity contribution in [3.63, 3.8) is 0 Å². The van der Waals surface area contributed by atoms with Gasteiger partial charge in [0.15, 0.2) is 0 Å². The predicted octanol–water partition coefficient (Wildman–Crippen LogP) is 2.98. The molecule has 6 heteroatoms. The molecular weight excluding hydrogens is 332 g/mol. The smallest absolute Gasteiger partial charge is 0.304 e. The van der Waals surface area contributed by atoms with Gasteiger partial charge in [0.05, 0.1) is 6.42 Å². The zero-order valence-electron chi connectivity index (χ0n) is 16.5. The second-order valence-electron chi connectivity index (χ2n) is 7.69. The Balaban J connectivity index is 3.07. The number of aliphatic carboxylic acids is 1. The molecule has 2 atom stereocenters. The van der Waals surface area contributed by atoms with Gasteiger partial charge in [-0.15, -0.1) is 0 Å². The van der Waals surface area contributed by atoms with Crippen LogP contribution in [0.15, 0.2) is 12.2 Å². The highest BCUT2D eigenvalue weighted by atomic mass is 16.4. The van der Waals surface area contributed by atoms with E-state index in [0.29, 0.717) is 13.0 Å². The summed E-state index contributed by atoms with van der Waals surface area (Å²) < 4.78 is 0. The molecule has 0 aromatic carbocycles. The fraction of sp³-hybridized carbons (Fsp3) is 0.750. The lowest BCUT2D eigenvalue weighted by atomic mass is 9.95. The van der Waals surface area contributed by atoms with E-state index in [1.165, 1.54) is 0 Å². The number of carboxylic acid groups (broad SMARTS) is 1. The first-order valence-electron chi connectivity index (χ1n) is 9.71. The van der Waals surface area contributed by atoms with Crippen LogP contribution in [-0.2, 0) is 14.4 Å². The molecule has 1 aliphatic rings. The van der Waals surface area contributed by atoms with E-state index in [4.69, 9.17) is 5.11 Å². The van der Waals surface area contributed by atoms with Crippen molar-refractivity contribution in [1.29, 1.82) is 0 Å². The molecule has 6 nitrogen and oxygen atoms in total. The van der Waals surface area contributed by atoms with Crippen LogP contribution >= 0.6 is 0 Å². The summed E-state index contributed by atoms with van der Waals surface area (Å²) in [5.74, 6) is -2.07. The summed E-state index contributed by atoms with van der Waals surface area (Å²) in [6.07, 6.45) is 7.90. The molecule has 0 saturated heterocycles. The van der Waals surface area contributed by atoms with Crippen LogP contribution in [0, 0.1) is 11.8 Å². The van der Waals surface area contributed by atoms with Gasteiger partial charge in [0.25, 0.3) is 0 Å². The predicted molar refractivity (Wildman–Crippen MR) is 102 cm³/mol. The molecule has 2 amide bonds. The van der Waals surface area contributed by atoms with E-state index in [1.54, 1.807) is 0 Å². The zero-order valence-corrected chi connectivity index (χ0v) is 16.5. The summed E-state index contributed by atoms with van der Waals surface area (Å²) in [5.41, 5.74) is 0. The molecule has 1 heterocycles. The lowest BCUT2D eigenvalue weighted by Gasteiger charge is -2.33. The summed E-state index contributed by atoms with van der Waals surface area (Å²) >= 11 is 0. The van der Waals surface area contributed by atoms with Gasteiger partial charge in [-0.2, -0.15) is 0 Å². The van der Waals surface area contributed by atoms with Gasteiger partial charge in [-0.25, -0.2) is 0 Å². The van der Waals surface area contributed by atoms with Crippen molar-refractivity contribution < 1.29 is 19.5 Å². The minimum Gasteiger partial charge on any atom is -0.481 e. The Kier molecular flexibility index (Phi) is 9.38. The van der Waals surface area contributed by atoms with Crippen molar-refractivity contribution in [3.05, 3.63) is 12.2 Å². The van der Waals surface area contributed by atoms with Crippen LogP contribution in [0.5, 0.6) is 0 Å². The number of carbonyl (C=O) groups is 3. The highest BCUT2D eigenvalue weighted by Crippen LogP contribution is 2.17. The number of nitrogens with one attached hydrogen (secondary N) is 1. The van der Waals surface area contributed by atoms with Crippen LogP contribution in [0.25, 0.3) is 0 Å². The number of hydrogen-bond donors (Lipinski definition) is 2. The molecular formula is C20H34N2O4. The minimum atomic E-state index is -0.988. The maximum atomic E-state index is 13.0. The Morgan fingerprint density at radius 3 is 2.35 bits per heavy atom. The Labute approximate surface area is 157 Å². The van der Waals surface area contributed by atoms with Gasteiger partial charge in [0.1, 0.15) is 6.04 Å². The molecule has 2 unspecified atom stereocenters. The van der Waals surface area contributed by atoms with Crippen molar-refractivity contribution in [1.82, 2.24) is 10.2 Å². The van der Waals surface area contributed by atoms with Crippen LogP contribution in [-0.4, -0.2) is 46.4 Å². The summed E-state index contributed by atoms with van der Waals surface area (Å²) in [7, 11) is 0. The first-order valence-corrected chi connectivity index (χ1v) is 9.71. The van der Waals surface area contributed by atoms with Gasteiger partial charge >= 0.3 is 5.97 Å². The standard InChI is InChI=1S/C20H34N2O4/c1-14(2)18-20(26)22(15(3)4)12-10-8-6-5-7-9-11-16(13-17(23)24)19(25)21-18/h5-6,14-16,18H,7-13H2,1-4H3,(H,21,25)(H,23,24). The first-order chi connectivity index (χ1) is 12.2. The molecule has 0 aromatic heterocycles. The van der Waals surface area contributed by atoms with Gasteiger partial charge in [-0.05, 0) is 51.9 Å². The van der Waals surface area contributed by atoms with Crippen LogP contribution < -0.4 is 5.32 Å².